The highest BCUT2D eigenvalue weighted by molar-refractivity contribution is 5.86. The maximum Gasteiger partial charge on any atom is 0.339 e. The van der Waals surface area contributed by atoms with Crippen molar-refractivity contribution >= 4 is 11.0 Å². The van der Waals surface area contributed by atoms with Crippen molar-refractivity contribution in [3.63, 3.8) is 0 Å². The van der Waals surface area contributed by atoms with Gasteiger partial charge in [-0.3, -0.25) is 0 Å². The minimum atomic E-state index is -0.575. The third-order valence-electron chi connectivity index (χ3n) is 3.58. The first kappa shape index (κ1) is 14.2. The van der Waals surface area contributed by atoms with E-state index in [1.165, 1.54) is 5.56 Å². The summed E-state index contributed by atoms with van der Waals surface area (Å²) in [6, 6.07) is 14.6. The molecule has 1 N–H and O–H groups in total. The molecule has 0 radical (unpaired) electrons. The maximum absolute atomic E-state index is 11.4. The van der Waals surface area contributed by atoms with Crippen LogP contribution >= 0.6 is 0 Å². The molecule has 22 heavy (non-hydrogen) atoms. The first-order valence-electron chi connectivity index (χ1n) is 7.08. The molecule has 1 heterocycles. The molecule has 4 heteroatoms. The number of rotatable bonds is 4. The number of ether oxygens (including phenoxy) is 1. The molecule has 0 saturated heterocycles. The second-order valence-electron chi connectivity index (χ2n) is 5.10. The molecule has 0 aliphatic rings. The van der Waals surface area contributed by atoms with E-state index in [0.717, 1.165) is 12.5 Å². The maximum atomic E-state index is 11.4. The SMILES string of the molecule is Cc1c(OCCc2ccccc2)ccc2c(O)cc(=O)oc12. The lowest BCUT2D eigenvalue weighted by molar-refractivity contribution is 0.319. The van der Waals surface area contributed by atoms with Crippen molar-refractivity contribution < 1.29 is 14.3 Å². The molecule has 4 nitrogen and oxygen atoms in total. The molecule has 0 aliphatic heterocycles. The molecule has 0 atom stereocenters. The molecule has 0 unspecified atom stereocenters. The van der Waals surface area contributed by atoms with E-state index in [1.807, 2.05) is 37.3 Å². The lowest BCUT2D eigenvalue weighted by Gasteiger charge is -2.11. The topological polar surface area (TPSA) is 59.7 Å². The molecular weight excluding hydrogens is 280 g/mol. The number of aromatic hydroxyl groups is 1. The number of hydrogen-bond donors (Lipinski definition) is 1. The Morgan fingerprint density at radius 2 is 1.91 bits per heavy atom. The molecule has 0 saturated carbocycles. The van der Waals surface area contributed by atoms with Crippen LogP contribution in [0.15, 0.2) is 57.7 Å². The zero-order valence-electron chi connectivity index (χ0n) is 12.2. The Bertz CT molecular complexity index is 850. The summed E-state index contributed by atoms with van der Waals surface area (Å²) in [5.74, 6) is 0.572. The van der Waals surface area contributed by atoms with Gasteiger partial charge < -0.3 is 14.3 Å². The lowest BCUT2D eigenvalue weighted by Crippen LogP contribution is -2.03. The summed E-state index contributed by atoms with van der Waals surface area (Å²) in [5, 5.41) is 10.3. The van der Waals surface area contributed by atoms with Crippen LogP contribution in [-0.2, 0) is 6.42 Å². The fourth-order valence-corrected chi connectivity index (χ4v) is 2.41. The van der Waals surface area contributed by atoms with E-state index in [4.69, 9.17) is 9.15 Å². The van der Waals surface area contributed by atoms with Crippen LogP contribution in [-0.4, -0.2) is 11.7 Å². The summed E-state index contributed by atoms with van der Waals surface area (Å²) in [5.41, 5.74) is 1.69. The molecular formula is C18H16O4. The minimum absolute atomic E-state index is 0.0785. The van der Waals surface area contributed by atoms with Crippen molar-refractivity contribution in [2.24, 2.45) is 0 Å². The predicted octanol–water partition coefficient (Wildman–Crippen LogP) is 3.43. The van der Waals surface area contributed by atoms with Crippen molar-refractivity contribution in [1.82, 2.24) is 0 Å². The van der Waals surface area contributed by atoms with Gasteiger partial charge in [0.25, 0.3) is 0 Å². The van der Waals surface area contributed by atoms with Crippen molar-refractivity contribution in [2.75, 3.05) is 6.61 Å². The van der Waals surface area contributed by atoms with Gasteiger partial charge in [-0.15, -0.1) is 0 Å². The minimum Gasteiger partial charge on any atom is -0.507 e. The van der Waals surface area contributed by atoms with E-state index in [0.29, 0.717) is 28.9 Å². The van der Waals surface area contributed by atoms with Crippen molar-refractivity contribution in [2.45, 2.75) is 13.3 Å². The van der Waals surface area contributed by atoms with Crippen LogP contribution in [0.1, 0.15) is 11.1 Å². The first-order chi connectivity index (χ1) is 10.6. The number of aryl methyl sites for hydroxylation is 1. The second-order valence-corrected chi connectivity index (χ2v) is 5.10. The summed E-state index contributed by atoms with van der Waals surface area (Å²) in [6.45, 7) is 2.34. The summed E-state index contributed by atoms with van der Waals surface area (Å²) in [7, 11) is 0. The Kier molecular flexibility index (Phi) is 3.83. The smallest absolute Gasteiger partial charge is 0.339 e. The van der Waals surface area contributed by atoms with Gasteiger partial charge in [0.05, 0.1) is 18.1 Å². The summed E-state index contributed by atoms with van der Waals surface area (Å²) < 4.78 is 11.0. The van der Waals surface area contributed by atoms with Gasteiger partial charge >= 0.3 is 5.63 Å². The van der Waals surface area contributed by atoms with Crippen molar-refractivity contribution in [3.8, 4) is 11.5 Å². The Morgan fingerprint density at radius 3 is 2.68 bits per heavy atom. The van der Waals surface area contributed by atoms with Crippen LogP contribution in [0.2, 0.25) is 0 Å². The summed E-state index contributed by atoms with van der Waals surface area (Å²) in [6.07, 6.45) is 0.794. The van der Waals surface area contributed by atoms with Gasteiger partial charge in [0.2, 0.25) is 0 Å². The standard InChI is InChI=1S/C18H16O4/c1-12-16(21-10-9-13-5-3-2-4-6-13)8-7-14-15(19)11-17(20)22-18(12)14/h2-8,11,19H,9-10H2,1H3. The van der Waals surface area contributed by atoms with Crippen molar-refractivity contribution in [3.05, 3.63) is 70.1 Å². The largest absolute Gasteiger partial charge is 0.507 e. The van der Waals surface area contributed by atoms with Crippen LogP contribution in [0.5, 0.6) is 11.5 Å². The van der Waals surface area contributed by atoms with Crippen molar-refractivity contribution in [1.29, 1.82) is 0 Å². The highest BCUT2D eigenvalue weighted by Crippen LogP contribution is 2.30. The van der Waals surface area contributed by atoms with E-state index < -0.39 is 5.63 Å². The number of benzene rings is 2. The summed E-state index contributed by atoms with van der Waals surface area (Å²) >= 11 is 0. The molecule has 0 aliphatic carbocycles. The fraction of sp³-hybridized carbons (Fsp3) is 0.167. The molecule has 112 valence electrons. The van der Waals surface area contributed by atoms with E-state index in [2.05, 4.69) is 0 Å². The van der Waals surface area contributed by atoms with Gasteiger partial charge in [-0.1, -0.05) is 30.3 Å². The van der Waals surface area contributed by atoms with Crippen LogP contribution in [0.4, 0.5) is 0 Å². The highest BCUT2D eigenvalue weighted by atomic mass is 16.5. The van der Waals surface area contributed by atoms with Gasteiger partial charge in [0.1, 0.15) is 17.1 Å². The predicted molar refractivity (Wildman–Crippen MR) is 84.5 cm³/mol. The highest BCUT2D eigenvalue weighted by Gasteiger charge is 2.11. The zero-order chi connectivity index (χ0) is 15.5. The molecule has 1 aromatic heterocycles. The fourth-order valence-electron chi connectivity index (χ4n) is 2.41. The van der Waals surface area contributed by atoms with E-state index in [-0.39, 0.29) is 5.75 Å². The Morgan fingerprint density at radius 1 is 1.14 bits per heavy atom. The van der Waals surface area contributed by atoms with Gasteiger partial charge in [0.15, 0.2) is 0 Å². The third-order valence-corrected chi connectivity index (χ3v) is 3.58. The van der Waals surface area contributed by atoms with Crippen LogP contribution in [0.3, 0.4) is 0 Å². The Hall–Kier alpha value is -2.75. The Balaban J connectivity index is 1.83. The number of fused-ring (bicyclic) bond motifs is 1. The molecule has 3 aromatic rings. The molecule has 2 aromatic carbocycles. The van der Waals surface area contributed by atoms with E-state index in [9.17, 15) is 9.90 Å². The van der Waals surface area contributed by atoms with Crippen LogP contribution in [0, 0.1) is 6.92 Å². The number of hydrogen-bond acceptors (Lipinski definition) is 4. The van der Waals surface area contributed by atoms with Crippen LogP contribution < -0.4 is 10.4 Å². The average Bonchev–Trinajstić information content (AvgIpc) is 2.51. The van der Waals surface area contributed by atoms with Gasteiger partial charge in [-0.05, 0) is 24.6 Å². The second kappa shape index (κ2) is 5.93. The monoisotopic (exact) mass is 296 g/mol. The lowest BCUT2D eigenvalue weighted by atomic mass is 10.1. The molecule has 0 amide bonds. The third kappa shape index (κ3) is 2.81. The van der Waals surface area contributed by atoms with Crippen LogP contribution in [0.25, 0.3) is 11.0 Å². The first-order valence-corrected chi connectivity index (χ1v) is 7.08. The normalized spacial score (nSPS) is 10.8. The quantitative estimate of drug-likeness (QED) is 0.749. The molecule has 0 bridgehead atoms. The summed E-state index contributed by atoms with van der Waals surface area (Å²) in [4.78, 5) is 11.4. The van der Waals surface area contributed by atoms with Gasteiger partial charge in [-0.25, -0.2) is 4.79 Å². The average molecular weight is 296 g/mol. The molecule has 0 spiro atoms. The Labute approximate surface area is 127 Å². The van der Waals surface area contributed by atoms with E-state index in [1.54, 1.807) is 12.1 Å². The molecule has 3 rings (SSSR count). The van der Waals surface area contributed by atoms with Gasteiger partial charge in [-0.2, -0.15) is 0 Å². The zero-order valence-corrected chi connectivity index (χ0v) is 12.2. The van der Waals surface area contributed by atoms with E-state index >= 15 is 0 Å². The molecule has 0 fully saturated rings. The van der Waals surface area contributed by atoms with Gasteiger partial charge in [0, 0.05) is 12.0 Å².